The third kappa shape index (κ3) is 5.28. The highest BCUT2D eigenvalue weighted by Gasteiger charge is 2.41. The van der Waals surface area contributed by atoms with Crippen molar-refractivity contribution in [2.75, 3.05) is 13.2 Å². The Kier molecular flexibility index (Phi) is 7.40. The smallest absolute Gasteiger partial charge is 0.333 e. The van der Waals surface area contributed by atoms with E-state index < -0.39 is 11.9 Å². The van der Waals surface area contributed by atoms with Gasteiger partial charge in [0, 0.05) is 19.0 Å². The van der Waals surface area contributed by atoms with Crippen molar-refractivity contribution in [3.63, 3.8) is 0 Å². The van der Waals surface area contributed by atoms with E-state index in [1.807, 2.05) is 0 Å². The fourth-order valence-corrected chi connectivity index (χ4v) is 3.52. The molecule has 4 amide bonds. The fraction of sp³-hybridized carbons (Fsp3) is 0.778. The molecule has 25 heavy (non-hydrogen) atoms. The summed E-state index contributed by atoms with van der Waals surface area (Å²) in [5, 5.41) is 0. The molecule has 2 aliphatic rings. The molecular weight excluding hydrogens is 324 g/mol. The summed E-state index contributed by atoms with van der Waals surface area (Å²) in [5.74, 6) is -0.991. The van der Waals surface area contributed by atoms with Crippen LogP contribution in [-0.4, -0.2) is 52.8 Å². The van der Waals surface area contributed by atoms with Crippen molar-refractivity contribution in [3.05, 3.63) is 0 Å². The van der Waals surface area contributed by atoms with Crippen LogP contribution in [0.5, 0.6) is 0 Å². The van der Waals surface area contributed by atoms with Gasteiger partial charge in [-0.05, 0) is 32.6 Å². The van der Waals surface area contributed by atoms with E-state index in [1.165, 1.54) is 9.80 Å². The molecule has 140 valence electrons. The predicted octanol–water partition coefficient (Wildman–Crippen LogP) is 2.62. The number of urea groups is 1. The van der Waals surface area contributed by atoms with Crippen LogP contribution in [0.4, 0.5) is 4.79 Å². The molecular formula is C18H28N2O5. The van der Waals surface area contributed by atoms with Crippen LogP contribution in [0.15, 0.2) is 0 Å². The van der Waals surface area contributed by atoms with Gasteiger partial charge in [0.15, 0.2) is 0 Å². The quantitative estimate of drug-likeness (QED) is 0.381. The number of esters is 1. The molecule has 1 saturated carbocycles. The third-order valence-electron chi connectivity index (χ3n) is 4.82. The number of hydrogen-bond donors (Lipinski definition) is 0. The van der Waals surface area contributed by atoms with Crippen LogP contribution in [0.25, 0.3) is 0 Å². The lowest BCUT2D eigenvalue weighted by Crippen LogP contribution is -2.58. The monoisotopic (exact) mass is 352 g/mol. The number of barbiturate groups is 1. The lowest BCUT2D eigenvalue weighted by molar-refractivity contribution is -0.145. The fourth-order valence-electron chi connectivity index (χ4n) is 3.52. The summed E-state index contributed by atoms with van der Waals surface area (Å²) in [6, 6.07) is -0.522. The maximum Gasteiger partial charge on any atom is 0.333 e. The van der Waals surface area contributed by atoms with Crippen LogP contribution in [0.1, 0.15) is 71.1 Å². The molecule has 1 heterocycles. The number of nitrogens with zero attached hydrogens (tertiary/aromatic N) is 2. The van der Waals surface area contributed by atoms with Gasteiger partial charge in [0.05, 0.1) is 6.61 Å². The molecule has 1 saturated heterocycles. The Labute approximate surface area is 148 Å². The maximum absolute atomic E-state index is 12.6. The average molecular weight is 352 g/mol. The molecule has 0 bridgehead atoms. The Morgan fingerprint density at radius 2 is 1.76 bits per heavy atom. The van der Waals surface area contributed by atoms with Gasteiger partial charge in [0.25, 0.3) is 0 Å². The highest BCUT2D eigenvalue weighted by Crippen LogP contribution is 2.26. The van der Waals surface area contributed by atoms with Crippen LogP contribution in [-0.2, 0) is 19.1 Å². The summed E-state index contributed by atoms with van der Waals surface area (Å²) in [5.41, 5.74) is 0. The molecule has 7 nitrogen and oxygen atoms in total. The van der Waals surface area contributed by atoms with Crippen molar-refractivity contribution < 1.29 is 23.9 Å². The minimum Gasteiger partial charge on any atom is -0.466 e. The van der Waals surface area contributed by atoms with E-state index >= 15 is 0 Å². The van der Waals surface area contributed by atoms with Crippen molar-refractivity contribution in [2.45, 2.75) is 77.2 Å². The molecule has 0 atom stereocenters. The minimum absolute atomic E-state index is 0.0619. The lowest BCUT2D eigenvalue weighted by Gasteiger charge is -2.39. The molecule has 0 spiro atoms. The van der Waals surface area contributed by atoms with Gasteiger partial charge in [-0.15, -0.1) is 0 Å². The van der Waals surface area contributed by atoms with Gasteiger partial charge in [-0.2, -0.15) is 0 Å². The van der Waals surface area contributed by atoms with Gasteiger partial charge in [-0.1, -0.05) is 25.7 Å². The van der Waals surface area contributed by atoms with Gasteiger partial charge in [-0.3, -0.25) is 24.2 Å². The Balaban J connectivity index is 1.82. The zero-order valence-corrected chi connectivity index (χ0v) is 15.0. The Hall–Kier alpha value is -1.92. The summed E-state index contributed by atoms with van der Waals surface area (Å²) in [7, 11) is 0. The molecule has 2 fully saturated rings. The molecule has 1 aliphatic heterocycles. The summed E-state index contributed by atoms with van der Waals surface area (Å²) in [4.78, 5) is 50.7. The van der Waals surface area contributed by atoms with E-state index in [-0.39, 0.29) is 24.3 Å². The maximum atomic E-state index is 12.6. The van der Waals surface area contributed by atoms with Gasteiger partial charge < -0.3 is 4.74 Å². The second-order valence-electron chi connectivity index (χ2n) is 6.68. The molecule has 0 N–H and O–H groups in total. The number of carbonyl (C=O) groups is 4. The second-order valence-corrected chi connectivity index (χ2v) is 6.68. The number of hydrogen-bond acceptors (Lipinski definition) is 5. The molecule has 1 aliphatic carbocycles. The SMILES string of the molecule is CCOC(=O)CCCCCN1C(=O)CC(=O)N(C2CCCCC2)C1=O. The lowest BCUT2D eigenvalue weighted by atomic mass is 9.93. The number of ether oxygens (including phenoxy) is 1. The normalized spacial score (nSPS) is 19.5. The van der Waals surface area contributed by atoms with Gasteiger partial charge in [0.2, 0.25) is 11.8 Å². The van der Waals surface area contributed by atoms with Crippen LogP contribution >= 0.6 is 0 Å². The van der Waals surface area contributed by atoms with E-state index in [0.29, 0.717) is 32.4 Å². The van der Waals surface area contributed by atoms with Crippen LogP contribution in [0.3, 0.4) is 0 Å². The number of carbonyl (C=O) groups excluding carboxylic acids is 4. The van der Waals surface area contributed by atoms with E-state index in [1.54, 1.807) is 6.92 Å². The molecule has 2 rings (SSSR count). The van der Waals surface area contributed by atoms with Crippen molar-refractivity contribution in [3.8, 4) is 0 Å². The Morgan fingerprint density at radius 1 is 1.04 bits per heavy atom. The van der Waals surface area contributed by atoms with Gasteiger partial charge in [-0.25, -0.2) is 4.79 Å². The molecule has 7 heteroatoms. The van der Waals surface area contributed by atoms with E-state index in [4.69, 9.17) is 4.74 Å². The zero-order chi connectivity index (χ0) is 18.2. The van der Waals surface area contributed by atoms with Crippen LogP contribution < -0.4 is 0 Å². The summed E-state index contributed by atoms with van der Waals surface area (Å²) in [6.07, 6.45) is 6.99. The topological polar surface area (TPSA) is 84.0 Å². The van der Waals surface area contributed by atoms with Crippen molar-refractivity contribution in [1.82, 2.24) is 9.80 Å². The number of unbranched alkanes of at least 4 members (excludes halogenated alkanes) is 2. The number of rotatable bonds is 8. The Morgan fingerprint density at radius 3 is 2.44 bits per heavy atom. The molecule has 0 radical (unpaired) electrons. The molecule has 0 aromatic heterocycles. The third-order valence-corrected chi connectivity index (χ3v) is 4.82. The van der Waals surface area contributed by atoms with E-state index in [9.17, 15) is 19.2 Å². The van der Waals surface area contributed by atoms with Crippen molar-refractivity contribution in [2.24, 2.45) is 0 Å². The van der Waals surface area contributed by atoms with Gasteiger partial charge >= 0.3 is 12.0 Å². The highest BCUT2D eigenvalue weighted by molar-refractivity contribution is 6.14. The second kappa shape index (κ2) is 9.53. The summed E-state index contributed by atoms with van der Waals surface area (Å²) in [6.45, 7) is 2.45. The molecule has 0 aromatic carbocycles. The first kappa shape index (κ1) is 19.4. The molecule has 0 unspecified atom stereocenters. The van der Waals surface area contributed by atoms with Crippen LogP contribution in [0, 0.1) is 0 Å². The van der Waals surface area contributed by atoms with E-state index in [0.717, 1.165) is 38.5 Å². The first-order chi connectivity index (χ1) is 12.0. The first-order valence-corrected chi connectivity index (χ1v) is 9.36. The Bertz CT molecular complexity index is 514. The highest BCUT2D eigenvalue weighted by atomic mass is 16.5. The number of imide groups is 2. The minimum atomic E-state index is -0.460. The zero-order valence-electron chi connectivity index (χ0n) is 15.0. The predicted molar refractivity (Wildman–Crippen MR) is 90.5 cm³/mol. The summed E-state index contributed by atoms with van der Waals surface area (Å²) >= 11 is 0. The first-order valence-electron chi connectivity index (χ1n) is 9.36. The van der Waals surface area contributed by atoms with Crippen molar-refractivity contribution >= 4 is 23.8 Å². The number of amides is 4. The van der Waals surface area contributed by atoms with Crippen molar-refractivity contribution in [1.29, 1.82) is 0 Å². The summed E-state index contributed by atoms with van der Waals surface area (Å²) < 4.78 is 4.86. The molecule has 0 aromatic rings. The van der Waals surface area contributed by atoms with Crippen LogP contribution in [0.2, 0.25) is 0 Å². The van der Waals surface area contributed by atoms with Gasteiger partial charge in [0.1, 0.15) is 6.42 Å². The average Bonchev–Trinajstić information content (AvgIpc) is 2.58. The van der Waals surface area contributed by atoms with E-state index in [2.05, 4.69) is 0 Å². The standard InChI is InChI=1S/C18H28N2O5/c1-2-25-17(23)11-7-4-8-12-19-15(21)13-16(22)20(18(19)24)14-9-5-3-6-10-14/h14H,2-13H2,1H3. The largest absolute Gasteiger partial charge is 0.466 e.